The highest BCUT2D eigenvalue weighted by Gasteiger charge is 2.34. The van der Waals surface area contributed by atoms with Gasteiger partial charge in [0.1, 0.15) is 17.7 Å². The van der Waals surface area contributed by atoms with E-state index in [2.05, 4.69) is 15.4 Å². The first-order valence-electron chi connectivity index (χ1n) is 11.0. The number of rotatable bonds is 11. The van der Waals surface area contributed by atoms with Crippen LogP contribution < -0.4 is 10.6 Å². The molecule has 0 spiro atoms. The lowest BCUT2D eigenvalue weighted by atomic mass is 9.85. The van der Waals surface area contributed by atoms with Gasteiger partial charge in [-0.3, -0.25) is 4.79 Å². The summed E-state index contributed by atoms with van der Waals surface area (Å²) in [7, 11) is 0. The Bertz CT molecular complexity index is 967. The molecule has 0 radical (unpaired) electrons. The molecule has 0 bridgehead atoms. The predicted octanol–water partition coefficient (Wildman–Crippen LogP) is 3.71. The van der Waals surface area contributed by atoms with Crippen molar-refractivity contribution in [3.05, 3.63) is 71.8 Å². The number of hydrogen-bond acceptors (Lipinski definition) is 5. The molecule has 3 N–H and O–H groups in total. The Morgan fingerprint density at radius 1 is 0.943 bits per heavy atom. The lowest BCUT2D eigenvalue weighted by Crippen LogP contribution is -2.55. The minimum atomic E-state index is -3.20. The molecule has 2 aromatic rings. The molecule has 2 amide bonds. The molecule has 8 nitrogen and oxygen atoms in total. The number of carbonyl (C=O) groups is 3. The summed E-state index contributed by atoms with van der Waals surface area (Å²) in [5.74, 6) is -3.02. The molecule has 0 fully saturated rings. The molecule has 0 aliphatic rings. The summed E-state index contributed by atoms with van der Waals surface area (Å²) in [5, 5.41) is 14.6. The second-order valence-electron chi connectivity index (χ2n) is 8.82. The monoisotopic (exact) mass is 492 g/mol. The number of halogens is 2. The largest absolute Gasteiger partial charge is 0.480 e. The summed E-state index contributed by atoms with van der Waals surface area (Å²) >= 11 is 0. The zero-order chi connectivity index (χ0) is 26.0. The smallest absolute Gasteiger partial charge is 0.408 e. The van der Waals surface area contributed by atoms with Crippen LogP contribution in [0.15, 0.2) is 60.7 Å². The van der Waals surface area contributed by atoms with Crippen molar-refractivity contribution in [1.82, 2.24) is 10.6 Å². The number of carbonyl (C=O) groups excluding carboxylic acids is 2. The summed E-state index contributed by atoms with van der Waals surface area (Å²) in [6.07, 6.45) is -0.758. The van der Waals surface area contributed by atoms with Crippen molar-refractivity contribution in [2.45, 2.75) is 57.4 Å². The van der Waals surface area contributed by atoms with Gasteiger partial charge in [0.15, 0.2) is 0 Å². The number of alkyl carbamates (subject to hydrolysis) is 1. The minimum Gasteiger partial charge on any atom is -0.480 e. The molecule has 0 heterocycles. The Kier molecular flexibility index (Phi) is 10.1. The molecule has 10 heteroatoms. The van der Waals surface area contributed by atoms with Crippen molar-refractivity contribution >= 4 is 18.0 Å². The number of nitrogens with one attached hydrogen (secondary N) is 2. The second kappa shape index (κ2) is 12.8. The van der Waals surface area contributed by atoms with E-state index in [4.69, 9.17) is 4.74 Å². The first-order chi connectivity index (χ1) is 16.5. The van der Waals surface area contributed by atoms with E-state index < -0.39 is 54.8 Å². The van der Waals surface area contributed by atoms with Gasteiger partial charge in [-0.2, -0.15) is 8.78 Å². The predicted molar refractivity (Wildman–Crippen MR) is 124 cm³/mol. The lowest BCUT2D eigenvalue weighted by Gasteiger charge is -2.28. The van der Waals surface area contributed by atoms with Gasteiger partial charge in [0.05, 0.1) is 6.61 Å². The normalized spacial score (nSPS) is 14.0. The Morgan fingerprint density at radius 2 is 1.51 bits per heavy atom. The SMILES string of the molecule is CC(C)(C)OC(=O)N[C@@H](COC(F)F)C(=O)N[C@H](C(=O)O)C(Cc1ccccc1)c1ccccc1. The van der Waals surface area contributed by atoms with Crippen LogP contribution in [0.1, 0.15) is 37.8 Å². The van der Waals surface area contributed by atoms with Crippen LogP contribution in [0.2, 0.25) is 0 Å². The molecule has 2 aromatic carbocycles. The first kappa shape index (κ1) is 27.7. The standard InChI is InChI=1S/C25H30F2N2O6/c1-25(2,3)35-24(33)28-19(15-34-23(26)27)21(30)29-20(22(31)32)18(17-12-8-5-9-13-17)14-16-10-6-4-7-11-16/h4-13,18-20,23H,14-15H2,1-3H3,(H,28,33)(H,29,30)(H,31,32)/t18?,19-,20-/m0/s1. The third-order valence-corrected chi connectivity index (χ3v) is 4.89. The van der Waals surface area contributed by atoms with Gasteiger partial charge >= 0.3 is 18.7 Å². The van der Waals surface area contributed by atoms with Gasteiger partial charge in [0, 0.05) is 5.92 Å². The van der Waals surface area contributed by atoms with E-state index in [0.29, 0.717) is 5.56 Å². The van der Waals surface area contributed by atoms with E-state index in [-0.39, 0.29) is 6.42 Å². The maximum Gasteiger partial charge on any atom is 0.408 e. The van der Waals surface area contributed by atoms with E-state index in [1.54, 1.807) is 51.1 Å². The van der Waals surface area contributed by atoms with Gasteiger partial charge in [-0.05, 0) is 38.3 Å². The van der Waals surface area contributed by atoms with Crippen molar-refractivity contribution < 1.29 is 37.7 Å². The molecule has 0 aliphatic carbocycles. The van der Waals surface area contributed by atoms with Gasteiger partial charge < -0.3 is 25.2 Å². The fraction of sp³-hybridized carbons (Fsp3) is 0.400. The van der Waals surface area contributed by atoms with Crippen LogP contribution in [0, 0.1) is 0 Å². The van der Waals surface area contributed by atoms with Crippen LogP contribution in [0.4, 0.5) is 13.6 Å². The number of aliphatic carboxylic acids is 1. The first-order valence-corrected chi connectivity index (χ1v) is 11.0. The molecule has 1 unspecified atom stereocenters. The van der Waals surface area contributed by atoms with Gasteiger partial charge in [-0.15, -0.1) is 0 Å². The van der Waals surface area contributed by atoms with Crippen molar-refractivity contribution in [1.29, 1.82) is 0 Å². The Labute approximate surface area is 202 Å². The summed E-state index contributed by atoms with van der Waals surface area (Å²) < 4.78 is 34.6. The van der Waals surface area contributed by atoms with Crippen molar-refractivity contribution in [2.75, 3.05) is 6.61 Å². The summed E-state index contributed by atoms with van der Waals surface area (Å²) in [5.41, 5.74) is 0.586. The molecular formula is C25H30F2N2O6. The topological polar surface area (TPSA) is 114 Å². The molecule has 0 saturated carbocycles. The average molecular weight is 493 g/mol. The number of carboxylic acids is 1. The van der Waals surface area contributed by atoms with Gasteiger partial charge in [-0.1, -0.05) is 60.7 Å². The van der Waals surface area contributed by atoms with Crippen LogP contribution in [-0.4, -0.2) is 54.0 Å². The maximum absolute atomic E-state index is 13.0. The molecule has 35 heavy (non-hydrogen) atoms. The highest BCUT2D eigenvalue weighted by Crippen LogP contribution is 2.25. The van der Waals surface area contributed by atoms with Crippen LogP contribution in [0.3, 0.4) is 0 Å². The highest BCUT2D eigenvalue weighted by molar-refractivity contribution is 5.89. The Morgan fingerprint density at radius 3 is 2.03 bits per heavy atom. The van der Waals surface area contributed by atoms with Crippen molar-refractivity contribution in [3.8, 4) is 0 Å². The second-order valence-corrected chi connectivity index (χ2v) is 8.82. The van der Waals surface area contributed by atoms with Crippen molar-refractivity contribution in [2.24, 2.45) is 0 Å². The molecule has 2 rings (SSSR count). The van der Waals surface area contributed by atoms with Crippen LogP contribution in [0.5, 0.6) is 0 Å². The van der Waals surface area contributed by atoms with Crippen LogP contribution >= 0.6 is 0 Å². The average Bonchev–Trinajstić information content (AvgIpc) is 2.78. The van der Waals surface area contributed by atoms with Crippen LogP contribution in [-0.2, 0) is 25.5 Å². The zero-order valence-corrected chi connectivity index (χ0v) is 19.7. The fourth-order valence-corrected chi connectivity index (χ4v) is 3.39. The number of ether oxygens (including phenoxy) is 2. The number of carboxylic acid groups (broad SMARTS) is 1. The fourth-order valence-electron chi connectivity index (χ4n) is 3.39. The Balaban J connectivity index is 2.30. The molecule has 190 valence electrons. The summed E-state index contributed by atoms with van der Waals surface area (Å²) in [6.45, 7) is 0.684. The quantitative estimate of drug-likeness (QED) is 0.441. The van der Waals surface area contributed by atoms with E-state index in [0.717, 1.165) is 5.56 Å². The van der Waals surface area contributed by atoms with Gasteiger partial charge in [0.25, 0.3) is 0 Å². The van der Waals surface area contributed by atoms with E-state index in [9.17, 15) is 28.3 Å². The van der Waals surface area contributed by atoms with Gasteiger partial charge in [0.2, 0.25) is 5.91 Å². The third kappa shape index (κ3) is 9.70. The van der Waals surface area contributed by atoms with E-state index >= 15 is 0 Å². The number of amides is 2. The van der Waals surface area contributed by atoms with Gasteiger partial charge in [-0.25, -0.2) is 9.59 Å². The summed E-state index contributed by atoms with van der Waals surface area (Å²) in [6, 6.07) is 14.8. The van der Waals surface area contributed by atoms with E-state index in [1.807, 2.05) is 30.3 Å². The molecule has 0 aliphatic heterocycles. The summed E-state index contributed by atoms with van der Waals surface area (Å²) in [4.78, 5) is 37.4. The number of benzene rings is 2. The number of alkyl halides is 2. The Hall–Kier alpha value is -3.53. The van der Waals surface area contributed by atoms with E-state index in [1.165, 1.54) is 0 Å². The number of hydrogen-bond donors (Lipinski definition) is 3. The molecular weight excluding hydrogens is 462 g/mol. The lowest BCUT2D eigenvalue weighted by molar-refractivity contribution is -0.148. The molecule has 3 atom stereocenters. The molecule has 0 saturated heterocycles. The maximum atomic E-state index is 13.0. The third-order valence-electron chi connectivity index (χ3n) is 4.89. The minimum absolute atomic E-state index is 0.278. The van der Waals surface area contributed by atoms with Crippen LogP contribution in [0.25, 0.3) is 0 Å². The zero-order valence-electron chi connectivity index (χ0n) is 19.7. The highest BCUT2D eigenvalue weighted by atomic mass is 19.3. The molecule has 0 aromatic heterocycles. The van der Waals surface area contributed by atoms with Crippen molar-refractivity contribution in [3.63, 3.8) is 0 Å².